The lowest BCUT2D eigenvalue weighted by atomic mass is 10.1. The second kappa shape index (κ2) is 8.29. The molecule has 1 fully saturated rings. The normalized spacial score (nSPS) is 15.3. The van der Waals surface area contributed by atoms with Gasteiger partial charge in [0, 0.05) is 24.9 Å². The lowest BCUT2D eigenvalue weighted by molar-refractivity contribution is -0.908. The van der Waals surface area contributed by atoms with Crippen molar-refractivity contribution < 1.29 is 14.6 Å². The van der Waals surface area contributed by atoms with Gasteiger partial charge in [0.25, 0.3) is 0 Å². The van der Waals surface area contributed by atoms with Crippen LogP contribution in [0.4, 0.5) is 11.4 Å². The third kappa shape index (κ3) is 3.71. The third-order valence-electron chi connectivity index (χ3n) is 4.86. The molecule has 0 unspecified atom stereocenters. The minimum atomic E-state index is -0.573. The van der Waals surface area contributed by atoms with Crippen LogP contribution in [0.15, 0.2) is 29.1 Å². The van der Waals surface area contributed by atoms with Crippen molar-refractivity contribution >= 4 is 22.3 Å². The smallest absolute Gasteiger partial charge is 0.357 e. The highest BCUT2D eigenvalue weighted by molar-refractivity contribution is 5.96. The Morgan fingerprint density at radius 1 is 1.31 bits per heavy atom. The van der Waals surface area contributed by atoms with E-state index in [2.05, 4.69) is 5.32 Å². The molecular weight excluding hydrogens is 336 g/mol. The Kier molecular flexibility index (Phi) is 5.85. The summed E-state index contributed by atoms with van der Waals surface area (Å²) >= 11 is 0. The monoisotopic (exact) mass is 361 g/mol. The number of benzene rings is 1. The molecule has 1 aliphatic heterocycles. The minimum absolute atomic E-state index is 0.331. The molecule has 1 aliphatic rings. The molecule has 0 radical (unpaired) electrons. The van der Waals surface area contributed by atoms with Crippen molar-refractivity contribution in [3.8, 4) is 0 Å². The van der Waals surface area contributed by atoms with Gasteiger partial charge < -0.3 is 19.5 Å². The highest BCUT2D eigenvalue weighted by Gasteiger charge is 2.25. The molecule has 0 saturated carbocycles. The van der Waals surface area contributed by atoms with E-state index in [0.29, 0.717) is 29.7 Å². The van der Waals surface area contributed by atoms with E-state index < -0.39 is 10.5 Å². The first kappa shape index (κ1) is 18.3. The Balaban J connectivity index is 1.85. The van der Waals surface area contributed by atoms with Gasteiger partial charge in [0.1, 0.15) is 18.8 Å². The average Bonchev–Trinajstić information content (AvgIpc) is 2.65. The predicted octanol–water partition coefficient (Wildman–Crippen LogP) is 0.647. The Bertz CT molecular complexity index is 843. The van der Waals surface area contributed by atoms with Gasteiger partial charge in [-0.1, -0.05) is 18.2 Å². The number of nitrogens with zero attached hydrogens (tertiary/aromatic N) is 2. The molecular formula is C18H25N4O4+. The van der Waals surface area contributed by atoms with E-state index in [1.54, 1.807) is 0 Å². The SMILES string of the molecule is CCn1c(=O)c([N+](=O)[O-])c(NCCC[NH+]2CCOCC2)c2ccccc21. The van der Waals surface area contributed by atoms with Crippen LogP contribution in [0.25, 0.3) is 10.9 Å². The van der Waals surface area contributed by atoms with E-state index in [-0.39, 0.29) is 5.69 Å². The summed E-state index contributed by atoms with van der Waals surface area (Å²) in [6.45, 7) is 7.34. The van der Waals surface area contributed by atoms with Gasteiger partial charge in [0.2, 0.25) is 0 Å². The zero-order valence-electron chi connectivity index (χ0n) is 15.0. The molecule has 0 atom stereocenters. The first-order valence-electron chi connectivity index (χ1n) is 9.08. The van der Waals surface area contributed by atoms with Crippen LogP contribution in [0, 0.1) is 10.1 Å². The summed E-state index contributed by atoms with van der Waals surface area (Å²) in [5, 5.41) is 15.4. The quantitative estimate of drug-likeness (QED) is 0.429. The molecule has 0 aliphatic carbocycles. The number of fused-ring (bicyclic) bond motifs is 1. The van der Waals surface area contributed by atoms with Crippen LogP contribution < -0.4 is 15.8 Å². The van der Waals surface area contributed by atoms with Crippen LogP contribution in [0.1, 0.15) is 13.3 Å². The molecule has 1 aromatic carbocycles. The third-order valence-corrected chi connectivity index (χ3v) is 4.86. The van der Waals surface area contributed by atoms with Gasteiger partial charge in [-0.3, -0.25) is 14.9 Å². The summed E-state index contributed by atoms with van der Waals surface area (Å²) in [5.41, 5.74) is 0.117. The lowest BCUT2D eigenvalue weighted by Crippen LogP contribution is -3.14. The lowest BCUT2D eigenvalue weighted by Gasteiger charge is -2.23. The van der Waals surface area contributed by atoms with Gasteiger partial charge >= 0.3 is 11.2 Å². The van der Waals surface area contributed by atoms with Crippen molar-refractivity contribution in [3.63, 3.8) is 0 Å². The van der Waals surface area contributed by atoms with Crippen molar-refractivity contribution in [2.45, 2.75) is 19.9 Å². The average molecular weight is 361 g/mol. The van der Waals surface area contributed by atoms with Gasteiger partial charge in [0.05, 0.1) is 30.2 Å². The van der Waals surface area contributed by atoms with Gasteiger partial charge in [-0.25, -0.2) is 0 Å². The number of quaternary nitrogens is 1. The summed E-state index contributed by atoms with van der Waals surface area (Å²) in [4.78, 5) is 25.1. The first-order valence-corrected chi connectivity index (χ1v) is 9.08. The number of morpholine rings is 1. The number of ether oxygens (including phenoxy) is 1. The highest BCUT2D eigenvalue weighted by Crippen LogP contribution is 2.29. The standard InChI is InChI=1S/C18H24N4O4/c1-2-21-15-7-4-3-6-14(15)16(17(18(21)23)22(24)25)19-8-5-9-20-10-12-26-13-11-20/h3-4,6-7,19H,2,5,8-13H2,1H3/p+1. The molecule has 1 aromatic heterocycles. The summed E-state index contributed by atoms with van der Waals surface area (Å²) in [5.74, 6) is 0. The van der Waals surface area contributed by atoms with Crippen LogP contribution in [0.5, 0.6) is 0 Å². The Hall–Kier alpha value is -2.45. The van der Waals surface area contributed by atoms with E-state index in [1.807, 2.05) is 31.2 Å². The largest absolute Gasteiger partial charge is 0.379 e. The number of para-hydroxylation sites is 1. The number of aromatic nitrogens is 1. The fraction of sp³-hybridized carbons (Fsp3) is 0.500. The van der Waals surface area contributed by atoms with Crippen LogP contribution in [-0.4, -0.2) is 48.9 Å². The molecule has 2 heterocycles. The summed E-state index contributed by atoms with van der Waals surface area (Å²) in [7, 11) is 0. The Morgan fingerprint density at radius 2 is 2.04 bits per heavy atom. The molecule has 3 rings (SSSR count). The predicted molar refractivity (Wildman–Crippen MR) is 100 cm³/mol. The number of aryl methyl sites for hydroxylation is 1. The van der Waals surface area contributed by atoms with Crippen LogP contribution in [0.2, 0.25) is 0 Å². The second-order valence-corrected chi connectivity index (χ2v) is 6.44. The molecule has 8 nitrogen and oxygen atoms in total. The topological polar surface area (TPSA) is 90.8 Å². The molecule has 2 aromatic rings. The summed E-state index contributed by atoms with van der Waals surface area (Å²) in [6, 6.07) is 7.32. The number of rotatable bonds is 7. The van der Waals surface area contributed by atoms with Gasteiger partial charge in [0.15, 0.2) is 0 Å². The van der Waals surface area contributed by atoms with Gasteiger partial charge in [-0.2, -0.15) is 0 Å². The first-order chi connectivity index (χ1) is 12.6. The van der Waals surface area contributed by atoms with Gasteiger partial charge in [-0.05, 0) is 13.0 Å². The summed E-state index contributed by atoms with van der Waals surface area (Å²) in [6.07, 6.45) is 0.873. The van der Waals surface area contributed by atoms with Crippen LogP contribution in [0.3, 0.4) is 0 Å². The molecule has 0 amide bonds. The van der Waals surface area contributed by atoms with E-state index in [1.165, 1.54) is 9.47 Å². The van der Waals surface area contributed by atoms with Crippen molar-refractivity contribution in [2.24, 2.45) is 0 Å². The highest BCUT2D eigenvalue weighted by atomic mass is 16.6. The fourth-order valence-corrected chi connectivity index (χ4v) is 3.52. The molecule has 0 spiro atoms. The maximum atomic E-state index is 12.6. The molecule has 1 saturated heterocycles. The van der Waals surface area contributed by atoms with E-state index in [9.17, 15) is 14.9 Å². The van der Waals surface area contributed by atoms with Crippen molar-refractivity contribution in [3.05, 3.63) is 44.7 Å². The molecule has 26 heavy (non-hydrogen) atoms. The number of hydrogen-bond donors (Lipinski definition) is 2. The molecule has 2 N–H and O–H groups in total. The number of nitro groups is 1. The summed E-state index contributed by atoms with van der Waals surface area (Å²) < 4.78 is 6.81. The maximum Gasteiger partial charge on any atom is 0.357 e. The Labute approximate surface area is 151 Å². The van der Waals surface area contributed by atoms with Crippen LogP contribution >= 0.6 is 0 Å². The van der Waals surface area contributed by atoms with E-state index >= 15 is 0 Å². The van der Waals surface area contributed by atoms with Crippen molar-refractivity contribution in [1.29, 1.82) is 0 Å². The van der Waals surface area contributed by atoms with Gasteiger partial charge in [-0.15, -0.1) is 0 Å². The maximum absolute atomic E-state index is 12.6. The Morgan fingerprint density at radius 3 is 2.73 bits per heavy atom. The van der Waals surface area contributed by atoms with E-state index in [0.717, 1.165) is 39.3 Å². The fourth-order valence-electron chi connectivity index (χ4n) is 3.52. The number of pyridine rings is 1. The van der Waals surface area contributed by atoms with Crippen molar-refractivity contribution in [2.75, 3.05) is 44.7 Å². The number of hydrogen-bond acceptors (Lipinski definition) is 5. The zero-order valence-corrected chi connectivity index (χ0v) is 15.0. The second-order valence-electron chi connectivity index (χ2n) is 6.44. The zero-order chi connectivity index (χ0) is 18.5. The minimum Gasteiger partial charge on any atom is -0.379 e. The molecule has 140 valence electrons. The van der Waals surface area contributed by atoms with E-state index in [4.69, 9.17) is 4.74 Å². The molecule has 0 bridgehead atoms. The molecule has 8 heteroatoms. The van der Waals surface area contributed by atoms with Crippen LogP contribution in [-0.2, 0) is 11.3 Å². The number of nitrogens with one attached hydrogen (secondary N) is 2. The van der Waals surface area contributed by atoms with Crippen molar-refractivity contribution in [1.82, 2.24) is 4.57 Å². The number of anilines is 1.